The first-order chi connectivity index (χ1) is 43.1. The van der Waals surface area contributed by atoms with Crippen molar-refractivity contribution < 1.29 is 73.5 Å². The van der Waals surface area contributed by atoms with E-state index in [-0.39, 0.29) is 104 Å². The summed E-state index contributed by atoms with van der Waals surface area (Å²) in [6.07, 6.45) is 3.62. The highest BCUT2D eigenvalue weighted by molar-refractivity contribution is 7.98. The van der Waals surface area contributed by atoms with E-state index in [1.54, 1.807) is 6.26 Å². The Morgan fingerprint density at radius 2 is 1.09 bits per heavy atom. The first-order valence-corrected chi connectivity index (χ1v) is 33.6. The molecule has 0 radical (unpaired) electrons. The van der Waals surface area contributed by atoms with Crippen molar-refractivity contribution in [2.24, 2.45) is 79.6 Å². The summed E-state index contributed by atoms with van der Waals surface area (Å²) in [7, 11) is 0. The molecule has 0 aromatic carbocycles. The molecule has 30 heteroatoms. The van der Waals surface area contributed by atoms with Gasteiger partial charge in [0.15, 0.2) is 11.9 Å². The highest BCUT2D eigenvalue weighted by Crippen LogP contribution is 2.76. The van der Waals surface area contributed by atoms with Crippen molar-refractivity contribution in [1.82, 2.24) is 42.5 Å². The van der Waals surface area contributed by atoms with Gasteiger partial charge < -0.3 is 91.0 Å². The highest BCUT2D eigenvalue weighted by atomic mass is 32.2. The van der Waals surface area contributed by atoms with E-state index in [1.165, 1.54) is 11.8 Å². The van der Waals surface area contributed by atoms with Crippen molar-refractivity contribution >= 4 is 82.9 Å². The number of thioether (sulfide) groups is 1. The second-order valence-corrected chi connectivity index (χ2v) is 28.5. The molecule has 0 saturated heterocycles. The molecule has 4 saturated carbocycles. The zero-order chi connectivity index (χ0) is 68.8. The van der Waals surface area contributed by atoms with Crippen LogP contribution in [0.5, 0.6) is 0 Å². The van der Waals surface area contributed by atoms with Gasteiger partial charge in [-0.05, 0) is 161 Å². The molecule has 4 fully saturated rings. The summed E-state index contributed by atoms with van der Waals surface area (Å²) in [6, 6.07) is -8.98. The Bertz CT molecular complexity index is 2780. The maximum absolute atomic E-state index is 15.5. The van der Waals surface area contributed by atoms with Crippen molar-refractivity contribution in [3.8, 4) is 0 Å². The van der Waals surface area contributed by atoms with Crippen LogP contribution in [0.3, 0.4) is 0 Å². The summed E-state index contributed by atoms with van der Waals surface area (Å²) in [5.74, 6) is -10.4. The minimum Gasteiger partial charge on any atom is -0.481 e. The Balaban J connectivity index is 1.41. The minimum absolute atomic E-state index is 0.00764. The molecule has 5 aliphatic carbocycles. The van der Waals surface area contributed by atoms with Crippen LogP contribution in [-0.4, -0.2) is 177 Å². The zero-order valence-electron chi connectivity index (χ0n) is 54.4. The number of carboxylic acid groups (broad SMARTS) is 2. The molecule has 1 unspecified atom stereocenters. The Kier molecular flexibility index (Phi) is 26.7. The Hall–Kier alpha value is -6.79. The number of fused-ring (bicyclic) bond motifs is 7. The lowest BCUT2D eigenvalue weighted by Crippen LogP contribution is -2.68. The van der Waals surface area contributed by atoms with Crippen molar-refractivity contribution in [3.63, 3.8) is 0 Å². The average molecular weight is 1320 g/mol. The predicted octanol–water partition coefficient (Wildman–Crippen LogP) is -0.383. The number of hydrogen-bond donors (Lipinski definition) is 19. The number of hydrogen-bond acceptors (Lipinski definition) is 16. The summed E-state index contributed by atoms with van der Waals surface area (Å²) in [5, 5.41) is 89.1. The number of aliphatic carboxylic acids is 2. The second kappa shape index (κ2) is 32.4. The van der Waals surface area contributed by atoms with Gasteiger partial charge in [-0.25, -0.2) is 0 Å². The Morgan fingerprint density at radius 1 is 0.620 bits per heavy atom. The molecule has 0 aromatic rings. The first-order valence-electron chi connectivity index (χ1n) is 32.2. The number of aliphatic hydroxyl groups is 3. The average Bonchev–Trinajstić information content (AvgIpc) is 0.676. The van der Waals surface area contributed by atoms with Crippen LogP contribution in [0.15, 0.2) is 11.6 Å². The van der Waals surface area contributed by atoms with Gasteiger partial charge in [0.25, 0.3) is 0 Å². The van der Waals surface area contributed by atoms with Crippen LogP contribution in [-0.2, 0) is 47.9 Å². The molecule has 0 bridgehead atoms. The predicted molar refractivity (Wildman–Crippen MR) is 342 cm³/mol. The van der Waals surface area contributed by atoms with E-state index in [9.17, 15) is 68.7 Å². The third-order valence-electron chi connectivity index (χ3n) is 21.9. The standard InChI is InChI=1S/C62H104N14O15S/c1-32-20-24-62(26-25-60(5)34(47(62)33(32)2)12-16-43-58(3)30-41(78)48(84)59(4,31-77)42(58)21-23-61(43,60)6)55(91)76-39(15-19-46(82)83)53(89)74-38(14-18-45(80)81)52(88)75-40(22-29-92-7)54(90)73-37(13-17-44(63)79)51(87)72-36(11-9-28-70-57(67)68)50(86)71-35(49(64)85)10-8-27-69-56(65)66/h12,32-33,35-43,47-48,77-78,84H,8-11,13-31H2,1-7H3,(H2,63,79)(H2,64,85)(H,71,86)(H,72,87)(H,73,90)(H,74,89)(H,75,88)(H,76,91)(H,80,81)(H,82,83)(H4,65,66,69)(H4,67,68,70)/t32-,33+,35+,36+,37+,38+,39+,40+,41-,42-,43-,47+,48+,58+,59+,60-,61-,62?/m1/s1. The molecular formula is C62H104N14O15S. The highest BCUT2D eigenvalue weighted by Gasteiger charge is 2.71. The number of allylic oxidation sites excluding steroid dienone is 2. The van der Waals surface area contributed by atoms with E-state index >= 15 is 4.79 Å². The van der Waals surface area contributed by atoms with E-state index < -0.39 is 168 Å². The van der Waals surface area contributed by atoms with Gasteiger partial charge in [-0.1, -0.05) is 53.2 Å². The normalized spacial score (nSPS) is 30.7. The number of guanidine groups is 2. The molecule has 0 aromatic heterocycles. The lowest BCUT2D eigenvalue weighted by molar-refractivity contribution is -0.243. The van der Waals surface area contributed by atoms with E-state index in [4.69, 9.17) is 33.8 Å². The number of carboxylic acids is 2. The summed E-state index contributed by atoms with van der Waals surface area (Å²) < 4.78 is 0. The first kappa shape index (κ1) is 75.9. The molecule has 18 atom stereocenters. The minimum atomic E-state index is -1.69. The zero-order valence-corrected chi connectivity index (χ0v) is 55.2. The third kappa shape index (κ3) is 17.5. The number of nitrogens with one attached hydrogen (secondary N) is 10. The van der Waals surface area contributed by atoms with Crippen LogP contribution in [0.2, 0.25) is 0 Å². The summed E-state index contributed by atoms with van der Waals surface area (Å²) >= 11 is 1.28. The smallest absolute Gasteiger partial charge is 0.303 e. The maximum Gasteiger partial charge on any atom is 0.303 e. The molecule has 0 spiro atoms. The van der Waals surface area contributed by atoms with E-state index in [0.29, 0.717) is 44.9 Å². The fourth-order valence-corrected chi connectivity index (χ4v) is 16.9. The number of primary amides is 2. The summed E-state index contributed by atoms with van der Waals surface area (Å²) in [5.41, 5.74) is 19.8. The summed E-state index contributed by atoms with van der Waals surface area (Å²) in [6.45, 7) is 12.9. The molecule has 92 heavy (non-hydrogen) atoms. The van der Waals surface area contributed by atoms with Gasteiger partial charge in [0.2, 0.25) is 47.3 Å². The fraction of sp³-hybridized carbons (Fsp3) is 0.774. The molecule has 23 N–H and O–H groups in total. The van der Waals surface area contributed by atoms with Gasteiger partial charge in [0.1, 0.15) is 36.3 Å². The lowest BCUT2D eigenvalue weighted by Gasteiger charge is -2.72. The number of rotatable bonds is 34. The Labute approximate surface area is 542 Å². The van der Waals surface area contributed by atoms with E-state index in [0.717, 1.165) is 12.0 Å². The molecule has 5 aliphatic rings. The van der Waals surface area contributed by atoms with Crippen molar-refractivity contribution in [2.45, 2.75) is 212 Å². The van der Waals surface area contributed by atoms with Gasteiger partial charge in [0.05, 0.1) is 24.2 Å². The fourth-order valence-electron chi connectivity index (χ4n) is 16.4. The van der Waals surface area contributed by atoms with E-state index in [1.807, 2.05) is 6.92 Å². The number of amides is 8. The molecule has 518 valence electrons. The van der Waals surface area contributed by atoms with Crippen molar-refractivity contribution in [3.05, 3.63) is 11.6 Å². The number of carbonyl (C=O) groups is 10. The van der Waals surface area contributed by atoms with Gasteiger partial charge in [-0.3, -0.25) is 58.8 Å². The van der Waals surface area contributed by atoms with Crippen LogP contribution in [0.1, 0.15) is 164 Å². The molecule has 8 amide bonds. The van der Waals surface area contributed by atoms with Crippen LogP contribution in [0.25, 0.3) is 0 Å². The SMILES string of the molecule is CSCC[C@H](NC(=O)[C@H](CCC(=O)O)NC(=O)[C@H](CCC(=O)O)NC(=O)C12CC[C@@H](C)[C@H](C)[C@H]1C1=CC[C@@H]3[C@@]4(C)C[C@@H](O)[C@H](O)[C@@](C)(CO)[C@@H]4CC[C@@]3(C)[C@]1(C)CC2)C(=O)N[C@@H](CCC(N)=O)C(=O)N[C@@H](CCCNC(=N)N)C(=O)N[C@@H](CCCNC(=N)N)C(N)=O. The maximum atomic E-state index is 15.5. The van der Waals surface area contributed by atoms with Crippen LogP contribution >= 0.6 is 11.8 Å². The molecule has 0 heterocycles. The molecule has 0 aliphatic heterocycles. The number of nitrogens with two attached hydrogens (primary N) is 4. The Morgan fingerprint density at radius 3 is 1.55 bits per heavy atom. The van der Waals surface area contributed by atoms with Gasteiger partial charge in [-0.2, -0.15) is 11.8 Å². The van der Waals surface area contributed by atoms with Crippen molar-refractivity contribution in [2.75, 3.05) is 31.7 Å². The van der Waals surface area contributed by atoms with Crippen LogP contribution in [0, 0.1) is 67.5 Å². The van der Waals surface area contributed by atoms with Gasteiger partial charge in [0, 0.05) is 37.8 Å². The molecular weight excluding hydrogens is 1210 g/mol. The molecule has 5 rings (SSSR count). The summed E-state index contributed by atoms with van der Waals surface area (Å²) in [4.78, 5) is 136. The second-order valence-electron chi connectivity index (χ2n) is 27.5. The quantitative estimate of drug-likeness (QED) is 0.0169. The van der Waals surface area contributed by atoms with Gasteiger partial charge in [-0.15, -0.1) is 0 Å². The topological polar surface area (TPSA) is 520 Å². The van der Waals surface area contributed by atoms with E-state index in [2.05, 4.69) is 83.2 Å². The van der Waals surface area contributed by atoms with Gasteiger partial charge >= 0.3 is 11.9 Å². The largest absolute Gasteiger partial charge is 0.481 e. The third-order valence-corrected chi connectivity index (χ3v) is 22.5. The van der Waals surface area contributed by atoms with Crippen molar-refractivity contribution in [1.29, 1.82) is 10.8 Å². The lowest BCUT2D eigenvalue weighted by atomic mass is 9.33. The van der Waals surface area contributed by atoms with Crippen LogP contribution < -0.4 is 65.5 Å². The molecule has 29 nitrogen and oxygen atoms in total. The van der Waals surface area contributed by atoms with Crippen LogP contribution in [0.4, 0.5) is 0 Å². The number of aliphatic hydroxyl groups excluding tert-OH is 3. The number of carbonyl (C=O) groups excluding carboxylic acids is 8. The monoisotopic (exact) mass is 1320 g/mol.